The third kappa shape index (κ3) is 4.39. The van der Waals surface area contributed by atoms with Gasteiger partial charge in [0.15, 0.2) is 0 Å². The van der Waals surface area contributed by atoms with Gasteiger partial charge in [-0.1, -0.05) is 25.5 Å². The third-order valence-corrected chi connectivity index (χ3v) is 3.42. The number of aryl methyl sites for hydroxylation is 1. The van der Waals surface area contributed by atoms with Gasteiger partial charge in [0.05, 0.1) is 12.3 Å². The van der Waals surface area contributed by atoms with Crippen molar-refractivity contribution in [3.63, 3.8) is 0 Å². The Morgan fingerprint density at radius 3 is 3.10 bits per heavy atom. The molecule has 1 aliphatic rings. The van der Waals surface area contributed by atoms with Crippen LogP contribution in [0.3, 0.4) is 0 Å². The summed E-state index contributed by atoms with van der Waals surface area (Å²) in [5.41, 5.74) is 2.38. The predicted molar refractivity (Wildman–Crippen MR) is 80.5 cm³/mol. The topological polar surface area (TPSA) is 50.7 Å². The lowest BCUT2D eigenvalue weighted by Gasteiger charge is -2.22. The highest BCUT2D eigenvalue weighted by Crippen LogP contribution is 2.31. The van der Waals surface area contributed by atoms with Crippen LogP contribution in [-0.2, 0) is 11.2 Å². The van der Waals surface area contributed by atoms with Gasteiger partial charge in [-0.05, 0) is 30.9 Å². The number of aliphatic hydroxyl groups is 1. The number of fused-ring (bicyclic) bond motifs is 1. The summed E-state index contributed by atoms with van der Waals surface area (Å²) in [7, 11) is 0. The highest BCUT2D eigenvalue weighted by atomic mass is 16.5. The number of anilines is 1. The van der Waals surface area contributed by atoms with Gasteiger partial charge >= 0.3 is 0 Å². The molecule has 0 saturated heterocycles. The number of rotatable bonds is 8. The van der Waals surface area contributed by atoms with Gasteiger partial charge in [0.1, 0.15) is 18.5 Å². The summed E-state index contributed by atoms with van der Waals surface area (Å²) in [5, 5.41) is 13.2. The van der Waals surface area contributed by atoms with E-state index in [2.05, 4.69) is 18.3 Å². The van der Waals surface area contributed by atoms with Crippen LogP contribution in [0, 0.1) is 0 Å². The molecule has 0 spiro atoms. The summed E-state index contributed by atoms with van der Waals surface area (Å²) in [4.78, 5) is 0. The number of para-hydroxylation sites is 1. The standard InChI is InChI=1S/C16H25NO3/c1-2-3-10-19-11-14(18)12-20-15-8-4-6-13-7-5-9-17-16(13)15/h4,6,8,14,17-18H,2-3,5,7,9-12H2,1H3. The van der Waals surface area contributed by atoms with E-state index in [1.165, 1.54) is 5.56 Å². The van der Waals surface area contributed by atoms with Crippen molar-refractivity contribution in [3.8, 4) is 5.75 Å². The highest BCUT2D eigenvalue weighted by molar-refractivity contribution is 5.63. The molecule has 0 aromatic heterocycles. The fourth-order valence-electron chi connectivity index (χ4n) is 2.30. The van der Waals surface area contributed by atoms with Gasteiger partial charge in [0.2, 0.25) is 0 Å². The molecule has 0 aliphatic carbocycles. The maximum atomic E-state index is 9.84. The number of benzene rings is 1. The van der Waals surface area contributed by atoms with Crippen LogP contribution in [0.4, 0.5) is 5.69 Å². The Labute approximate surface area is 121 Å². The van der Waals surface area contributed by atoms with Gasteiger partial charge in [-0.2, -0.15) is 0 Å². The molecule has 2 N–H and O–H groups in total. The molecule has 4 heteroatoms. The van der Waals surface area contributed by atoms with Crippen molar-refractivity contribution in [2.24, 2.45) is 0 Å². The van der Waals surface area contributed by atoms with E-state index in [1.54, 1.807) is 0 Å². The maximum Gasteiger partial charge on any atom is 0.142 e. The summed E-state index contributed by atoms with van der Waals surface area (Å²) in [5.74, 6) is 0.829. The minimum atomic E-state index is -0.577. The third-order valence-electron chi connectivity index (χ3n) is 3.42. The molecular weight excluding hydrogens is 254 g/mol. The lowest BCUT2D eigenvalue weighted by Crippen LogP contribution is -2.24. The summed E-state index contributed by atoms with van der Waals surface area (Å²) in [6.45, 7) is 4.41. The minimum absolute atomic E-state index is 0.268. The Morgan fingerprint density at radius 1 is 1.35 bits per heavy atom. The summed E-state index contributed by atoms with van der Waals surface area (Å²) < 4.78 is 11.1. The highest BCUT2D eigenvalue weighted by Gasteiger charge is 2.14. The van der Waals surface area contributed by atoms with Crippen LogP contribution < -0.4 is 10.1 Å². The van der Waals surface area contributed by atoms with Gasteiger partial charge in [0, 0.05) is 13.2 Å². The Balaban J connectivity index is 1.79. The summed E-state index contributed by atoms with van der Waals surface area (Å²) >= 11 is 0. The molecule has 0 amide bonds. The van der Waals surface area contributed by atoms with Crippen molar-refractivity contribution in [1.29, 1.82) is 0 Å². The van der Waals surface area contributed by atoms with Gasteiger partial charge in [-0.15, -0.1) is 0 Å². The molecule has 2 rings (SSSR count). The summed E-state index contributed by atoms with van der Waals surface area (Å²) in [6.07, 6.45) is 3.80. The molecule has 1 aromatic rings. The number of unbranched alkanes of at least 4 members (excludes halogenated alkanes) is 1. The first-order valence-electron chi connectivity index (χ1n) is 7.55. The maximum absolute atomic E-state index is 9.84. The lowest BCUT2D eigenvalue weighted by molar-refractivity contribution is 0.0114. The Morgan fingerprint density at radius 2 is 2.25 bits per heavy atom. The number of aliphatic hydroxyl groups excluding tert-OH is 1. The van der Waals surface area contributed by atoms with Crippen molar-refractivity contribution in [2.75, 3.05) is 31.7 Å². The zero-order chi connectivity index (χ0) is 14.2. The molecule has 0 radical (unpaired) electrons. The van der Waals surface area contributed by atoms with Crippen LogP contribution in [0.15, 0.2) is 18.2 Å². The molecule has 112 valence electrons. The SMILES string of the molecule is CCCCOCC(O)COc1cccc2c1NCCC2. The van der Waals surface area contributed by atoms with Crippen molar-refractivity contribution in [1.82, 2.24) is 0 Å². The van der Waals surface area contributed by atoms with Crippen molar-refractivity contribution in [3.05, 3.63) is 23.8 Å². The van der Waals surface area contributed by atoms with Gasteiger partial charge in [-0.25, -0.2) is 0 Å². The van der Waals surface area contributed by atoms with E-state index >= 15 is 0 Å². The molecule has 1 heterocycles. The van der Waals surface area contributed by atoms with Gasteiger partial charge in [0.25, 0.3) is 0 Å². The van der Waals surface area contributed by atoms with E-state index < -0.39 is 6.10 Å². The van der Waals surface area contributed by atoms with Crippen LogP contribution in [0.2, 0.25) is 0 Å². The first kappa shape index (κ1) is 15.1. The summed E-state index contributed by atoms with van der Waals surface area (Å²) in [6, 6.07) is 6.08. The Hall–Kier alpha value is -1.26. The van der Waals surface area contributed by atoms with E-state index in [4.69, 9.17) is 9.47 Å². The predicted octanol–water partition coefficient (Wildman–Crippen LogP) is 2.60. The second kappa shape index (κ2) is 8.12. The van der Waals surface area contributed by atoms with Crippen LogP contribution in [-0.4, -0.2) is 37.6 Å². The smallest absolute Gasteiger partial charge is 0.142 e. The van der Waals surface area contributed by atoms with E-state index in [1.807, 2.05) is 12.1 Å². The van der Waals surface area contributed by atoms with Crippen LogP contribution >= 0.6 is 0 Å². The minimum Gasteiger partial charge on any atom is -0.489 e. The number of nitrogens with one attached hydrogen (secondary N) is 1. The normalized spacial score (nSPS) is 15.3. The molecule has 1 atom stereocenters. The quantitative estimate of drug-likeness (QED) is 0.718. The zero-order valence-electron chi connectivity index (χ0n) is 12.2. The van der Waals surface area contributed by atoms with Crippen molar-refractivity contribution in [2.45, 2.75) is 38.7 Å². The van der Waals surface area contributed by atoms with Gasteiger partial charge in [-0.3, -0.25) is 0 Å². The first-order chi connectivity index (χ1) is 9.81. The Kier molecular flexibility index (Phi) is 6.15. The van der Waals surface area contributed by atoms with Crippen LogP contribution in [0.5, 0.6) is 5.75 Å². The fraction of sp³-hybridized carbons (Fsp3) is 0.625. The zero-order valence-corrected chi connectivity index (χ0v) is 12.2. The second-order valence-corrected chi connectivity index (χ2v) is 5.21. The molecule has 1 aromatic carbocycles. The lowest BCUT2D eigenvalue weighted by atomic mass is 10.0. The van der Waals surface area contributed by atoms with Crippen molar-refractivity contribution < 1.29 is 14.6 Å². The van der Waals surface area contributed by atoms with E-state index in [-0.39, 0.29) is 6.61 Å². The molecule has 1 unspecified atom stereocenters. The monoisotopic (exact) mass is 279 g/mol. The number of ether oxygens (including phenoxy) is 2. The molecule has 0 fully saturated rings. The number of hydrogen-bond acceptors (Lipinski definition) is 4. The molecular formula is C16H25NO3. The van der Waals surface area contributed by atoms with E-state index in [0.29, 0.717) is 13.2 Å². The molecule has 4 nitrogen and oxygen atoms in total. The van der Waals surface area contributed by atoms with Gasteiger partial charge < -0.3 is 19.9 Å². The molecule has 1 aliphatic heterocycles. The number of hydrogen-bond donors (Lipinski definition) is 2. The van der Waals surface area contributed by atoms with Crippen molar-refractivity contribution >= 4 is 5.69 Å². The van der Waals surface area contributed by atoms with Crippen LogP contribution in [0.1, 0.15) is 31.7 Å². The average Bonchev–Trinajstić information content (AvgIpc) is 2.49. The first-order valence-corrected chi connectivity index (χ1v) is 7.55. The van der Waals surface area contributed by atoms with E-state index in [0.717, 1.165) is 43.7 Å². The van der Waals surface area contributed by atoms with Crippen LogP contribution in [0.25, 0.3) is 0 Å². The fourth-order valence-corrected chi connectivity index (χ4v) is 2.30. The second-order valence-electron chi connectivity index (χ2n) is 5.21. The molecule has 0 bridgehead atoms. The average molecular weight is 279 g/mol. The van der Waals surface area contributed by atoms with E-state index in [9.17, 15) is 5.11 Å². The molecule has 0 saturated carbocycles. The largest absolute Gasteiger partial charge is 0.489 e. The Bertz CT molecular complexity index is 409. The molecule has 20 heavy (non-hydrogen) atoms.